The average Bonchev–Trinajstić information content (AvgIpc) is 2.74. The fourth-order valence-electron chi connectivity index (χ4n) is 1.58. The van der Waals surface area contributed by atoms with Crippen LogP contribution in [-0.4, -0.2) is 30.5 Å². The number of fused-ring (bicyclic) bond motifs is 1. The number of rotatable bonds is 2. The van der Waals surface area contributed by atoms with E-state index in [-0.39, 0.29) is 5.91 Å². The highest BCUT2D eigenvalue weighted by Gasteiger charge is 2.22. The van der Waals surface area contributed by atoms with E-state index in [1.165, 1.54) is 5.56 Å². The number of aromatic nitrogens is 1. The number of carbonyl (C=O) groups is 2. The Morgan fingerprint density at radius 1 is 1.65 bits per heavy atom. The van der Waals surface area contributed by atoms with Gasteiger partial charge in [-0.15, -0.1) is 0 Å². The molecule has 0 atom stereocenters. The minimum Gasteiger partial charge on any atom is -0.468 e. The molecule has 0 N–H and O–H groups in total. The molecule has 17 heavy (non-hydrogen) atoms. The van der Waals surface area contributed by atoms with Crippen LogP contribution < -0.4 is 4.90 Å². The molecule has 1 aromatic heterocycles. The van der Waals surface area contributed by atoms with E-state index in [2.05, 4.69) is 9.72 Å². The number of anilines is 1. The van der Waals surface area contributed by atoms with Crippen molar-refractivity contribution in [2.45, 2.75) is 20.3 Å². The number of carbonyl (C=O) groups excluding carboxylic acids is 2. The van der Waals surface area contributed by atoms with Gasteiger partial charge in [0, 0.05) is 19.7 Å². The lowest BCUT2D eigenvalue weighted by atomic mass is 10.2. The van der Waals surface area contributed by atoms with Crippen molar-refractivity contribution in [3.05, 3.63) is 23.9 Å². The second-order valence-electron chi connectivity index (χ2n) is 3.46. The lowest BCUT2D eigenvalue weighted by molar-refractivity contribution is -0.128. The quantitative estimate of drug-likeness (QED) is 0.723. The second-order valence-corrected chi connectivity index (χ2v) is 3.46. The fraction of sp³-hybridized carbons (Fsp3) is 0.417. The summed E-state index contributed by atoms with van der Waals surface area (Å²) in [6.07, 6.45) is 2.66. The van der Waals surface area contributed by atoms with Gasteiger partial charge in [0.25, 0.3) is 6.47 Å². The van der Waals surface area contributed by atoms with Gasteiger partial charge in [0.2, 0.25) is 5.91 Å². The summed E-state index contributed by atoms with van der Waals surface area (Å²) in [6.45, 7) is 5.02. The van der Waals surface area contributed by atoms with Crippen molar-refractivity contribution >= 4 is 18.2 Å². The summed E-state index contributed by atoms with van der Waals surface area (Å²) in [5.41, 5.74) is 1.17. The van der Waals surface area contributed by atoms with Crippen LogP contribution in [0, 0.1) is 0 Å². The highest BCUT2D eigenvalue weighted by atomic mass is 16.5. The van der Waals surface area contributed by atoms with Gasteiger partial charge in [-0.1, -0.05) is 6.07 Å². The summed E-state index contributed by atoms with van der Waals surface area (Å²) in [5, 5.41) is 0. The van der Waals surface area contributed by atoms with Crippen molar-refractivity contribution in [1.82, 2.24) is 4.98 Å². The van der Waals surface area contributed by atoms with Crippen molar-refractivity contribution in [3.63, 3.8) is 0 Å². The van der Waals surface area contributed by atoms with Crippen LogP contribution in [0.5, 0.6) is 0 Å². The van der Waals surface area contributed by atoms with Gasteiger partial charge in [0.05, 0.1) is 6.61 Å². The molecule has 1 amide bonds. The Bertz CT molecular complexity index is 393. The first kappa shape index (κ1) is 13.2. The zero-order chi connectivity index (χ0) is 12.7. The van der Waals surface area contributed by atoms with E-state index < -0.39 is 0 Å². The maximum atomic E-state index is 11.1. The van der Waals surface area contributed by atoms with E-state index in [9.17, 15) is 9.59 Å². The van der Waals surface area contributed by atoms with E-state index in [0.717, 1.165) is 18.8 Å². The lowest BCUT2D eigenvalue weighted by Crippen LogP contribution is -2.26. The molecule has 2 heterocycles. The first-order valence-corrected chi connectivity index (χ1v) is 5.48. The predicted octanol–water partition coefficient (Wildman–Crippen LogP) is 1.17. The summed E-state index contributed by atoms with van der Waals surface area (Å²) in [4.78, 5) is 26.2. The summed E-state index contributed by atoms with van der Waals surface area (Å²) < 4.78 is 4.15. The Kier molecular flexibility index (Phi) is 5.13. The van der Waals surface area contributed by atoms with E-state index in [1.54, 1.807) is 24.9 Å². The molecule has 0 spiro atoms. The Hall–Kier alpha value is -1.91. The Morgan fingerprint density at radius 3 is 2.94 bits per heavy atom. The minimum atomic E-state index is 0.0763. The molecule has 1 aromatic rings. The summed E-state index contributed by atoms with van der Waals surface area (Å²) in [7, 11) is 0. The number of nitrogens with zero attached hydrogens (tertiary/aromatic N) is 2. The van der Waals surface area contributed by atoms with Crippen molar-refractivity contribution in [1.29, 1.82) is 0 Å². The van der Waals surface area contributed by atoms with Crippen LogP contribution in [0.3, 0.4) is 0 Å². The molecule has 2 rings (SSSR count). The molecule has 0 aromatic carbocycles. The highest BCUT2D eigenvalue weighted by molar-refractivity contribution is 5.92. The van der Waals surface area contributed by atoms with E-state index in [0.29, 0.717) is 13.1 Å². The molecule has 0 aliphatic carbocycles. The van der Waals surface area contributed by atoms with Crippen LogP contribution in [0.2, 0.25) is 0 Å². The first-order valence-electron chi connectivity index (χ1n) is 5.48. The first-order chi connectivity index (χ1) is 8.20. The van der Waals surface area contributed by atoms with Gasteiger partial charge in [-0.2, -0.15) is 0 Å². The van der Waals surface area contributed by atoms with Crippen molar-refractivity contribution in [2.24, 2.45) is 0 Å². The SMILES string of the molecule is CC(=O)N1CCc2cccnc21.CCOC=O. The molecule has 0 saturated heterocycles. The number of pyridine rings is 1. The largest absolute Gasteiger partial charge is 0.468 e. The van der Waals surface area contributed by atoms with Crippen LogP contribution >= 0.6 is 0 Å². The van der Waals surface area contributed by atoms with E-state index >= 15 is 0 Å². The fourth-order valence-corrected chi connectivity index (χ4v) is 1.58. The van der Waals surface area contributed by atoms with Crippen LogP contribution in [0.4, 0.5) is 5.82 Å². The second kappa shape index (κ2) is 6.62. The van der Waals surface area contributed by atoms with Gasteiger partial charge >= 0.3 is 0 Å². The maximum absolute atomic E-state index is 11.1. The Balaban J connectivity index is 0.000000249. The number of hydrogen-bond donors (Lipinski definition) is 0. The number of amides is 1. The summed E-state index contributed by atoms with van der Waals surface area (Å²) in [6, 6.07) is 3.92. The molecular formula is C12H16N2O3. The van der Waals surface area contributed by atoms with Crippen LogP contribution in [0.1, 0.15) is 19.4 Å². The molecule has 1 aliphatic heterocycles. The van der Waals surface area contributed by atoms with E-state index in [4.69, 9.17) is 0 Å². The highest BCUT2D eigenvalue weighted by Crippen LogP contribution is 2.24. The smallest absolute Gasteiger partial charge is 0.293 e. The molecule has 1 aliphatic rings. The molecule has 0 bridgehead atoms. The molecular weight excluding hydrogens is 220 g/mol. The molecule has 5 heteroatoms. The maximum Gasteiger partial charge on any atom is 0.293 e. The topological polar surface area (TPSA) is 59.5 Å². The van der Waals surface area contributed by atoms with Gasteiger partial charge in [-0.3, -0.25) is 14.5 Å². The van der Waals surface area contributed by atoms with Crippen molar-refractivity contribution in [3.8, 4) is 0 Å². The summed E-state index contributed by atoms with van der Waals surface area (Å²) >= 11 is 0. The van der Waals surface area contributed by atoms with E-state index in [1.807, 2.05) is 12.1 Å². The lowest BCUT2D eigenvalue weighted by Gasteiger charge is -2.12. The van der Waals surface area contributed by atoms with Gasteiger partial charge in [-0.25, -0.2) is 4.98 Å². The molecule has 0 unspecified atom stereocenters. The van der Waals surface area contributed by atoms with Gasteiger partial charge < -0.3 is 4.74 Å². The van der Waals surface area contributed by atoms with Gasteiger partial charge in [0.1, 0.15) is 5.82 Å². The van der Waals surface area contributed by atoms with Crippen LogP contribution in [0.25, 0.3) is 0 Å². The molecule has 0 radical (unpaired) electrons. The Labute approximate surface area is 100 Å². The molecule has 0 fully saturated rings. The van der Waals surface area contributed by atoms with Crippen molar-refractivity contribution in [2.75, 3.05) is 18.1 Å². The molecule has 0 saturated carbocycles. The average molecular weight is 236 g/mol. The van der Waals surface area contributed by atoms with Crippen LogP contribution in [0.15, 0.2) is 18.3 Å². The Morgan fingerprint density at radius 2 is 2.41 bits per heavy atom. The molecule has 5 nitrogen and oxygen atoms in total. The predicted molar refractivity (Wildman–Crippen MR) is 63.7 cm³/mol. The minimum absolute atomic E-state index is 0.0763. The third-order valence-corrected chi connectivity index (χ3v) is 2.34. The number of ether oxygens (including phenoxy) is 1. The zero-order valence-corrected chi connectivity index (χ0v) is 10.0. The summed E-state index contributed by atoms with van der Waals surface area (Å²) in [5.74, 6) is 0.914. The number of hydrogen-bond acceptors (Lipinski definition) is 4. The molecule has 92 valence electrons. The van der Waals surface area contributed by atoms with Crippen molar-refractivity contribution < 1.29 is 14.3 Å². The standard InChI is InChI=1S/C9H10N2O.C3H6O2/c1-7(12)11-6-4-8-3-2-5-10-9(8)11;1-2-5-3-4/h2-3,5H,4,6H2,1H3;3H,2H2,1H3. The van der Waals surface area contributed by atoms with Crippen LogP contribution in [-0.2, 0) is 20.7 Å². The van der Waals surface area contributed by atoms with Gasteiger partial charge in [-0.05, 0) is 25.0 Å². The normalized spacial score (nSPS) is 12.2. The van der Waals surface area contributed by atoms with Gasteiger partial charge in [0.15, 0.2) is 0 Å². The third-order valence-electron chi connectivity index (χ3n) is 2.34. The zero-order valence-electron chi connectivity index (χ0n) is 10.0. The monoisotopic (exact) mass is 236 g/mol. The third kappa shape index (κ3) is 3.55.